The van der Waals surface area contributed by atoms with E-state index in [2.05, 4.69) is 20.8 Å². The van der Waals surface area contributed by atoms with Crippen molar-refractivity contribution in [2.75, 3.05) is 19.5 Å². The normalized spacial score (nSPS) is 28.3. The SMILES string of the molecule is CCC(C)(C)C1CCC(C(=O)O)C(SCCOC)C1. The molecule has 0 aliphatic heterocycles. The summed E-state index contributed by atoms with van der Waals surface area (Å²) in [5.41, 5.74) is 0.323. The van der Waals surface area contributed by atoms with Gasteiger partial charge in [-0.25, -0.2) is 0 Å². The summed E-state index contributed by atoms with van der Waals surface area (Å²) in [5, 5.41) is 9.61. The molecule has 1 aliphatic carbocycles. The standard InChI is InChI=1S/C15H28O3S/c1-5-15(2,3)11-6-7-12(14(16)17)13(10-11)19-9-8-18-4/h11-13H,5-10H2,1-4H3,(H,16,17). The second-order valence-corrected chi connectivity index (χ2v) is 7.55. The van der Waals surface area contributed by atoms with Gasteiger partial charge >= 0.3 is 5.97 Å². The maximum Gasteiger partial charge on any atom is 0.307 e. The van der Waals surface area contributed by atoms with Crippen LogP contribution in [0, 0.1) is 17.3 Å². The number of carboxylic acid groups (broad SMARTS) is 1. The maximum atomic E-state index is 11.4. The number of carboxylic acids is 1. The summed E-state index contributed by atoms with van der Waals surface area (Å²) in [6, 6.07) is 0. The zero-order valence-corrected chi connectivity index (χ0v) is 13.5. The van der Waals surface area contributed by atoms with Gasteiger partial charge in [0.05, 0.1) is 12.5 Å². The second kappa shape index (κ2) is 7.53. The first-order valence-corrected chi connectivity index (χ1v) is 8.30. The molecule has 1 rings (SSSR count). The molecule has 0 heterocycles. The quantitative estimate of drug-likeness (QED) is 0.726. The molecule has 1 N–H and O–H groups in total. The molecule has 0 radical (unpaired) electrons. The van der Waals surface area contributed by atoms with E-state index in [1.165, 1.54) is 0 Å². The van der Waals surface area contributed by atoms with Crippen molar-refractivity contribution in [2.24, 2.45) is 17.3 Å². The highest BCUT2D eigenvalue weighted by atomic mass is 32.2. The van der Waals surface area contributed by atoms with Crippen LogP contribution in [0.5, 0.6) is 0 Å². The Kier molecular flexibility index (Phi) is 6.67. The van der Waals surface area contributed by atoms with E-state index in [0.29, 0.717) is 17.9 Å². The molecule has 0 aromatic carbocycles. The third-order valence-corrected chi connectivity index (χ3v) is 6.10. The first kappa shape index (κ1) is 16.8. The summed E-state index contributed by atoms with van der Waals surface area (Å²) in [7, 11) is 1.69. The van der Waals surface area contributed by atoms with E-state index in [1.807, 2.05) is 0 Å². The van der Waals surface area contributed by atoms with Gasteiger partial charge in [-0.3, -0.25) is 4.79 Å². The molecule has 4 heteroatoms. The van der Waals surface area contributed by atoms with Crippen LogP contribution in [0.3, 0.4) is 0 Å². The number of thioether (sulfide) groups is 1. The van der Waals surface area contributed by atoms with Crippen molar-refractivity contribution in [3.05, 3.63) is 0 Å². The average Bonchev–Trinajstić information content (AvgIpc) is 2.38. The lowest BCUT2D eigenvalue weighted by Gasteiger charge is -2.41. The fourth-order valence-electron chi connectivity index (χ4n) is 2.88. The second-order valence-electron chi connectivity index (χ2n) is 6.20. The van der Waals surface area contributed by atoms with Crippen molar-refractivity contribution >= 4 is 17.7 Å². The number of carbonyl (C=O) groups is 1. The van der Waals surface area contributed by atoms with Crippen LogP contribution in [0.1, 0.15) is 46.5 Å². The molecule has 1 aliphatic rings. The van der Waals surface area contributed by atoms with E-state index in [4.69, 9.17) is 4.74 Å². The number of methoxy groups -OCH3 is 1. The van der Waals surface area contributed by atoms with Gasteiger partial charge in [-0.2, -0.15) is 11.8 Å². The number of hydrogen-bond donors (Lipinski definition) is 1. The van der Waals surface area contributed by atoms with Crippen LogP contribution in [-0.2, 0) is 9.53 Å². The van der Waals surface area contributed by atoms with Crippen LogP contribution in [0.15, 0.2) is 0 Å². The minimum atomic E-state index is -0.623. The van der Waals surface area contributed by atoms with Crippen molar-refractivity contribution in [3.8, 4) is 0 Å². The minimum absolute atomic E-state index is 0.175. The van der Waals surface area contributed by atoms with E-state index in [-0.39, 0.29) is 11.2 Å². The first-order valence-electron chi connectivity index (χ1n) is 7.25. The summed E-state index contributed by atoms with van der Waals surface area (Å²) in [6.07, 6.45) is 4.07. The Morgan fingerprint density at radius 2 is 2.11 bits per heavy atom. The predicted molar refractivity (Wildman–Crippen MR) is 80.7 cm³/mol. The van der Waals surface area contributed by atoms with Gasteiger partial charge in [-0.05, 0) is 30.6 Å². The zero-order valence-electron chi connectivity index (χ0n) is 12.6. The van der Waals surface area contributed by atoms with Crippen LogP contribution in [0.4, 0.5) is 0 Å². The third kappa shape index (κ3) is 4.67. The summed E-state index contributed by atoms with van der Waals surface area (Å²) < 4.78 is 5.08. The molecular formula is C15H28O3S. The number of aliphatic carboxylic acids is 1. The molecule has 0 bridgehead atoms. The Bertz CT molecular complexity index is 291. The largest absolute Gasteiger partial charge is 0.481 e. The van der Waals surface area contributed by atoms with Gasteiger partial charge in [0.2, 0.25) is 0 Å². The van der Waals surface area contributed by atoms with Crippen molar-refractivity contribution in [1.29, 1.82) is 0 Å². The van der Waals surface area contributed by atoms with Crippen molar-refractivity contribution in [1.82, 2.24) is 0 Å². The van der Waals surface area contributed by atoms with Gasteiger partial charge in [0.25, 0.3) is 0 Å². The molecule has 1 fully saturated rings. The van der Waals surface area contributed by atoms with Gasteiger partial charge in [-0.1, -0.05) is 27.2 Å². The highest BCUT2D eigenvalue weighted by molar-refractivity contribution is 7.99. The lowest BCUT2D eigenvalue weighted by Crippen LogP contribution is -2.38. The van der Waals surface area contributed by atoms with Crippen molar-refractivity contribution in [2.45, 2.75) is 51.7 Å². The number of hydrogen-bond acceptors (Lipinski definition) is 3. The Hall–Kier alpha value is -0.220. The van der Waals surface area contributed by atoms with Crippen LogP contribution in [0.25, 0.3) is 0 Å². The molecule has 0 spiro atoms. The van der Waals surface area contributed by atoms with Gasteiger partial charge in [0.15, 0.2) is 0 Å². The minimum Gasteiger partial charge on any atom is -0.481 e. The number of rotatable bonds is 7. The Balaban J connectivity index is 2.65. The average molecular weight is 288 g/mol. The van der Waals surface area contributed by atoms with Crippen LogP contribution < -0.4 is 0 Å². The van der Waals surface area contributed by atoms with Crippen molar-refractivity contribution in [3.63, 3.8) is 0 Å². The molecule has 112 valence electrons. The smallest absolute Gasteiger partial charge is 0.307 e. The molecule has 0 amide bonds. The van der Waals surface area contributed by atoms with Crippen LogP contribution in [-0.4, -0.2) is 35.8 Å². The third-order valence-electron chi connectivity index (χ3n) is 4.74. The van der Waals surface area contributed by atoms with Gasteiger partial charge in [0, 0.05) is 18.1 Å². The molecule has 19 heavy (non-hydrogen) atoms. The Morgan fingerprint density at radius 1 is 1.42 bits per heavy atom. The monoisotopic (exact) mass is 288 g/mol. The Morgan fingerprint density at radius 3 is 2.63 bits per heavy atom. The fourth-order valence-corrected chi connectivity index (χ4v) is 4.30. The van der Waals surface area contributed by atoms with Crippen LogP contribution >= 0.6 is 11.8 Å². The lowest BCUT2D eigenvalue weighted by atomic mass is 9.67. The lowest BCUT2D eigenvalue weighted by molar-refractivity contribution is -0.143. The molecule has 3 unspecified atom stereocenters. The topological polar surface area (TPSA) is 46.5 Å². The summed E-state index contributed by atoms with van der Waals surface area (Å²) in [4.78, 5) is 11.4. The van der Waals surface area contributed by atoms with Crippen molar-refractivity contribution < 1.29 is 14.6 Å². The molecule has 0 saturated heterocycles. The highest BCUT2D eigenvalue weighted by Gasteiger charge is 2.40. The summed E-state index contributed by atoms with van der Waals surface area (Å²) in [6.45, 7) is 7.57. The van der Waals surface area contributed by atoms with E-state index >= 15 is 0 Å². The summed E-state index contributed by atoms with van der Waals surface area (Å²) >= 11 is 1.78. The molecule has 0 aromatic rings. The first-order chi connectivity index (χ1) is 8.92. The molecular weight excluding hydrogens is 260 g/mol. The van der Waals surface area contributed by atoms with E-state index in [9.17, 15) is 9.90 Å². The van der Waals surface area contributed by atoms with E-state index < -0.39 is 5.97 Å². The molecule has 3 nitrogen and oxygen atoms in total. The molecule has 1 saturated carbocycles. The van der Waals surface area contributed by atoms with E-state index in [1.54, 1.807) is 18.9 Å². The van der Waals surface area contributed by atoms with Gasteiger partial charge in [-0.15, -0.1) is 0 Å². The fraction of sp³-hybridized carbons (Fsp3) is 0.933. The number of ether oxygens (including phenoxy) is 1. The van der Waals surface area contributed by atoms with Crippen LogP contribution in [0.2, 0.25) is 0 Å². The predicted octanol–water partition coefficient (Wildman–Crippen LogP) is 3.67. The van der Waals surface area contributed by atoms with Gasteiger partial charge in [0.1, 0.15) is 0 Å². The maximum absolute atomic E-state index is 11.4. The Labute approximate surface area is 121 Å². The zero-order chi connectivity index (χ0) is 14.5. The van der Waals surface area contributed by atoms with E-state index in [0.717, 1.165) is 31.4 Å². The van der Waals surface area contributed by atoms with Gasteiger partial charge < -0.3 is 9.84 Å². The summed E-state index contributed by atoms with van der Waals surface area (Å²) in [5.74, 6) is 0.742. The molecule has 3 atom stereocenters. The highest BCUT2D eigenvalue weighted by Crippen LogP contribution is 2.45. The molecule has 0 aromatic heterocycles.